The number of amides is 2. The van der Waals surface area contributed by atoms with Crippen molar-refractivity contribution in [3.63, 3.8) is 0 Å². The maximum Gasteiger partial charge on any atom is 0.237 e. The molecule has 0 saturated carbocycles. The molecule has 130 valence electrons. The summed E-state index contributed by atoms with van der Waals surface area (Å²) in [5.41, 5.74) is 2.24. The first kappa shape index (κ1) is 17.4. The van der Waals surface area contributed by atoms with Gasteiger partial charge in [0.05, 0.1) is 5.75 Å². The number of benzene rings is 1. The number of carbonyl (C=O) groups is 2. The number of rotatable bonds is 5. The molecule has 25 heavy (non-hydrogen) atoms. The highest BCUT2D eigenvalue weighted by Crippen LogP contribution is 2.28. The summed E-state index contributed by atoms with van der Waals surface area (Å²) in [6.07, 6.45) is 2.40. The summed E-state index contributed by atoms with van der Waals surface area (Å²) >= 11 is 1.35. The molecule has 0 spiro atoms. The largest absolute Gasteiger partial charge is 0.311 e. The lowest BCUT2D eigenvalue weighted by atomic mass is 10.0. The van der Waals surface area contributed by atoms with Gasteiger partial charge in [0, 0.05) is 18.7 Å². The molecule has 3 rings (SSSR count). The number of aromatic nitrogens is 2. The van der Waals surface area contributed by atoms with E-state index in [1.54, 1.807) is 19.1 Å². The highest BCUT2D eigenvalue weighted by molar-refractivity contribution is 7.99. The van der Waals surface area contributed by atoms with E-state index in [-0.39, 0.29) is 11.8 Å². The summed E-state index contributed by atoms with van der Waals surface area (Å²) in [5.74, 6) is 0.701. The minimum atomic E-state index is -0.103. The quantitative estimate of drug-likeness (QED) is 0.834. The number of para-hydroxylation sites is 1. The molecule has 7 heteroatoms. The van der Waals surface area contributed by atoms with Crippen LogP contribution in [0.5, 0.6) is 0 Å². The average Bonchev–Trinajstić information content (AvgIpc) is 2.66. The summed E-state index contributed by atoms with van der Waals surface area (Å²) in [4.78, 5) is 25.8. The Kier molecular flexibility index (Phi) is 5.65. The van der Waals surface area contributed by atoms with Crippen LogP contribution < -0.4 is 10.2 Å². The second-order valence-corrected chi connectivity index (χ2v) is 6.72. The zero-order valence-electron chi connectivity index (χ0n) is 14.1. The highest BCUT2D eigenvalue weighted by atomic mass is 32.2. The van der Waals surface area contributed by atoms with Crippen molar-refractivity contribution >= 4 is 35.1 Å². The molecule has 0 bridgehead atoms. The van der Waals surface area contributed by atoms with Crippen LogP contribution in [0.4, 0.5) is 11.5 Å². The van der Waals surface area contributed by atoms with Gasteiger partial charge in [0.15, 0.2) is 5.82 Å². The summed E-state index contributed by atoms with van der Waals surface area (Å²) in [6, 6.07) is 11.5. The average molecular weight is 356 g/mol. The van der Waals surface area contributed by atoms with E-state index in [0.717, 1.165) is 25.1 Å². The number of hydrogen-bond donors (Lipinski definition) is 1. The predicted molar refractivity (Wildman–Crippen MR) is 98.8 cm³/mol. The molecule has 1 aliphatic heterocycles. The first-order valence-electron chi connectivity index (χ1n) is 8.32. The molecule has 2 aromatic rings. The predicted octanol–water partition coefficient (Wildman–Crippen LogP) is 2.90. The Bertz CT molecular complexity index is 764. The molecule has 1 aliphatic rings. The number of thioether (sulfide) groups is 1. The van der Waals surface area contributed by atoms with Gasteiger partial charge in [-0.05, 0) is 36.6 Å². The van der Waals surface area contributed by atoms with Gasteiger partial charge in [0.2, 0.25) is 11.8 Å². The molecule has 6 nitrogen and oxygen atoms in total. The summed E-state index contributed by atoms with van der Waals surface area (Å²) in [6.45, 7) is 2.53. The Morgan fingerprint density at radius 3 is 2.80 bits per heavy atom. The number of anilines is 2. The normalized spacial score (nSPS) is 13.2. The van der Waals surface area contributed by atoms with E-state index in [1.165, 1.54) is 17.3 Å². The Labute approximate surface area is 151 Å². The topological polar surface area (TPSA) is 75.2 Å². The molecule has 1 N–H and O–H groups in total. The second kappa shape index (κ2) is 8.11. The Morgan fingerprint density at radius 1 is 1.20 bits per heavy atom. The zero-order chi connectivity index (χ0) is 17.6. The fourth-order valence-corrected chi connectivity index (χ4v) is 3.39. The van der Waals surface area contributed by atoms with Gasteiger partial charge in [-0.25, -0.2) is 0 Å². The number of fused-ring (bicyclic) bond motifs is 1. The molecule has 0 aliphatic carbocycles. The van der Waals surface area contributed by atoms with Gasteiger partial charge in [-0.15, -0.1) is 10.2 Å². The van der Waals surface area contributed by atoms with Gasteiger partial charge in [0.1, 0.15) is 5.03 Å². The van der Waals surface area contributed by atoms with E-state index in [1.807, 2.05) is 23.1 Å². The van der Waals surface area contributed by atoms with Crippen molar-refractivity contribution in [1.82, 2.24) is 10.2 Å². The minimum Gasteiger partial charge on any atom is -0.311 e. The SMILES string of the molecule is CCC(=O)Nc1ccc(SCC(=O)N2CCCc3ccccc32)nn1. The van der Waals surface area contributed by atoms with Crippen molar-refractivity contribution in [3.05, 3.63) is 42.0 Å². The third-order valence-electron chi connectivity index (χ3n) is 3.98. The van der Waals surface area contributed by atoms with Crippen LogP contribution in [0.3, 0.4) is 0 Å². The molecule has 0 unspecified atom stereocenters. The molecule has 2 amide bonds. The first-order chi connectivity index (χ1) is 12.2. The second-order valence-electron chi connectivity index (χ2n) is 5.72. The molecule has 1 aromatic carbocycles. The van der Waals surface area contributed by atoms with Gasteiger partial charge in [-0.1, -0.05) is 36.9 Å². The van der Waals surface area contributed by atoms with Crippen LogP contribution in [0.1, 0.15) is 25.3 Å². The fraction of sp³-hybridized carbons (Fsp3) is 0.333. The Balaban J connectivity index is 1.59. The smallest absolute Gasteiger partial charge is 0.237 e. The molecule has 0 atom stereocenters. The van der Waals surface area contributed by atoms with Gasteiger partial charge in [-0.2, -0.15) is 0 Å². The van der Waals surface area contributed by atoms with Crippen molar-refractivity contribution < 1.29 is 9.59 Å². The van der Waals surface area contributed by atoms with Crippen LogP contribution in [-0.4, -0.2) is 34.3 Å². The van der Waals surface area contributed by atoms with Crippen LogP contribution in [0.25, 0.3) is 0 Å². The number of nitrogens with zero attached hydrogens (tertiary/aromatic N) is 3. The Morgan fingerprint density at radius 2 is 2.04 bits per heavy atom. The lowest BCUT2D eigenvalue weighted by molar-refractivity contribution is -0.116. The first-order valence-corrected chi connectivity index (χ1v) is 9.30. The molecular weight excluding hydrogens is 336 g/mol. The highest BCUT2D eigenvalue weighted by Gasteiger charge is 2.22. The van der Waals surface area contributed by atoms with E-state index in [2.05, 4.69) is 21.6 Å². The Hall–Kier alpha value is -2.41. The zero-order valence-corrected chi connectivity index (χ0v) is 14.9. The number of nitrogens with one attached hydrogen (secondary N) is 1. The van der Waals surface area contributed by atoms with Crippen molar-refractivity contribution in [2.45, 2.75) is 31.2 Å². The third-order valence-corrected chi connectivity index (χ3v) is 4.89. The van der Waals surface area contributed by atoms with Gasteiger partial charge >= 0.3 is 0 Å². The van der Waals surface area contributed by atoms with E-state index < -0.39 is 0 Å². The number of aryl methyl sites for hydroxylation is 1. The van der Waals surface area contributed by atoms with Crippen molar-refractivity contribution in [2.24, 2.45) is 0 Å². The van der Waals surface area contributed by atoms with Crippen molar-refractivity contribution in [2.75, 3.05) is 22.5 Å². The summed E-state index contributed by atoms with van der Waals surface area (Å²) in [5, 5.41) is 11.3. The molecular formula is C18H20N4O2S. The molecule has 0 saturated heterocycles. The van der Waals surface area contributed by atoms with E-state index in [0.29, 0.717) is 23.0 Å². The number of carbonyl (C=O) groups excluding carboxylic acids is 2. The van der Waals surface area contributed by atoms with Crippen LogP contribution in [0.2, 0.25) is 0 Å². The molecule has 1 aromatic heterocycles. The van der Waals surface area contributed by atoms with Crippen molar-refractivity contribution in [1.29, 1.82) is 0 Å². The molecule has 0 fully saturated rings. The third kappa shape index (κ3) is 4.36. The number of hydrogen-bond acceptors (Lipinski definition) is 5. The van der Waals surface area contributed by atoms with Crippen LogP contribution >= 0.6 is 11.8 Å². The monoisotopic (exact) mass is 356 g/mol. The minimum absolute atomic E-state index is 0.0716. The standard InChI is InChI=1S/C18H20N4O2S/c1-2-16(23)19-15-9-10-17(21-20-15)25-12-18(24)22-11-5-7-13-6-3-4-8-14(13)22/h3-4,6,8-10H,2,5,7,11-12H2,1H3,(H,19,20,23). The molecule has 2 heterocycles. The van der Waals surface area contributed by atoms with E-state index in [4.69, 9.17) is 0 Å². The molecule has 0 radical (unpaired) electrons. The summed E-state index contributed by atoms with van der Waals surface area (Å²) < 4.78 is 0. The fourth-order valence-electron chi connectivity index (χ4n) is 2.70. The van der Waals surface area contributed by atoms with Gasteiger partial charge < -0.3 is 10.2 Å². The maximum atomic E-state index is 12.6. The van der Waals surface area contributed by atoms with Gasteiger partial charge in [0.25, 0.3) is 0 Å². The lowest BCUT2D eigenvalue weighted by Crippen LogP contribution is -2.36. The maximum absolute atomic E-state index is 12.6. The van der Waals surface area contributed by atoms with E-state index in [9.17, 15) is 9.59 Å². The van der Waals surface area contributed by atoms with Gasteiger partial charge in [-0.3, -0.25) is 9.59 Å². The van der Waals surface area contributed by atoms with Crippen LogP contribution in [0.15, 0.2) is 41.4 Å². The summed E-state index contributed by atoms with van der Waals surface area (Å²) in [7, 11) is 0. The van der Waals surface area contributed by atoms with Crippen molar-refractivity contribution in [3.8, 4) is 0 Å². The van der Waals surface area contributed by atoms with E-state index >= 15 is 0 Å². The van der Waals surface area contributed by atoms with Crippen LogP contribution in [-0.2, 0) is 16.0 Å². The lowest BCUT2D eigenvalue weighted by Gasteiger charge is -2.29. The van der Waals surface area contributed by atoms with Crippen LogP contribution in [0, 0.1) is 0 Å².